The summed E-state index contributed by atoms with van der Waals surface area (Å²) in [6, 6.07) is 19.6. The predicted octanol–water partition coefficient (Wildman–Crippen LogP) is 6.54. The van der Waals surface area contributed by atoms with Crippen LogP contribution >= 0.6 is 39.3 Å². The molecular weight excluding hydrogens is 580 g/mol. The maximum absolute atomic E-state index is 12.9. The van der Waals surface area contributed by atoms with Crippen LogP contribution in [0.2, 0.25) is 5.02 Å². The lowest BCUT2D eigenvalue weighted by Gasteiger charge is -2.14. The van der Waals surface area contributed by atoms with Crippen LogP contribution in [0.25, 0.3) is 6.08 Å². The van der Waals surface area contributed by atoms with Crippen molar-refractivity contribution in [2.45, 2.75) is 6.92 Å². The zero-order chi connectivity index (χ0) is 26.4. The molecule has 37 heavy (non-hydrogen) atoms. The van der Waals surface area contributed by atoms with Gasteiger partial charge in [0.05, 0.1) is 16.5 Å². The molecule has 0 radical (unpaired) electrons. The average molecular weight is 602 g/mol. The molecule has 0 bridgehead atoms. The van der Waals surface area contributed by atoms with Gasteiger partial charge in [-0.25, -0.2) is 0 Å². The van der Waals surface area contributed by atoms with Gasteiger partial charge in [-0.3, -0.25) is 19.3 Å². The Hall–Kier alpha value is -3.27. The summed E-state index contributed by atoms with van der Waals surface area (Å²) in [4.78, 5) is 39.2. The van der Waals surface area contributed by atoms with Crippen LogP contribution in [0.15, 0.2) is 76.1 Å². The molecule has 0 saturated carbocycles. The second-order valence-corrected chi connectivity index (χ2v) is 10.3. The monoisotopic (exact) mass is 600 g/mol. The largest absolute Gasteiger partial charge is 0.490 e. The third-order valence-corrected chi connectivity index (χ3v) is 6.91. The smallest absolute Gasteiger partial charge is 0.293 e. The summed E-state index contributed by atoms with van der Waals surface area (Å²) in [6.45, 7) is 1.90. The van der Waals surface area contributed by atoms with Crippen molar-refractivity contribution in [1.29, 1.82) is 0 Å². The highest BCUT2D eigenvalue weighted by Crippen LogP contribution is 2.35. The van der Waals surface area contributed by atoms with Gasteiger partial charge in [0.1, 0.15) is 18.1 Å². The number of rotatable bonds is 9. The molecule has 1 N–H and O–H groups in total. The fraction of sp³-hybridized carbons (Fsp3) is 0.148. The molecule has 1 aliphatic rings. The summed E-state index contributed by atoms with van der Waals surface area (Å²) in [7, 11) is 0. The van der Waals surface area contributed by atoms with Crippen molar-refractivity contribution >= 4 is 68.1 Å². The molecule has 7 nitrogen and oxygen atoms in total. The SMILES string of the molecule is Cc1cccc(NC(=O)COc2ccc(Br)cc2/C=C2\SC(=O)N(CCOc3ccccc3Cl)C2=O)c1. The Balaban J connectivity index is 1.41. The molecule has 1 heterocycles. The second-order valence-electron chi connectivity index (χ2n) is 8.00. The summed E-state index contributed by atoms with van der Waals surface area (Å²) in [5.41, 5.74) is 2.26. The molecule has 190 valence electrons. The summed E-state index contributed by atoms with van der Waals surface area (Å²) >= 11 is 10.3. The number of thioether (sulfide) groups is 1. The minimum Gasteiger partial charge on any atom is -0.490 e. The summed E-state index contributed by atoms with van der Waals surface area (Å²) in [5.74, 6) is 0.129. The van der Waals surface area contributed by atoms with E-state index in [0.29, 0.717) is 27.8 Å². The Labute approximate surface area is 231 Å². The van der Waals surface area contributed by atoms with E-state index in [1.165, 1.54) is 0 Å². The zero-order valence-corrected chi connectivity index (χ0v) is 22.9. The fourth-order valence-corrected chi connectivity index (χ4v) is 4.89. The minimum atomic E-state index is -0.430. The topological polar surface area (TPSA) is 84.9 Å². The molecule has 0 atom stereocenters. The van der Waals surface area contributed by atoms with Crippen LogP contribution in [0, 0.1) is 6.92 Å². The van der Waals surface area contributed by atoms with Crippen LogP contribution < -0.4 is 14.8 Å². The molecular formula is C27H22BrClN2O5S. The Kier molecular flexibility index (Phi) is 8.91. The molecule has 10 heteroatoms. The Morgan fingerprint density at radius 1 is 1.05 bits per heavy atom. The van der Waals surface area contributed by atoms with Crippen molar-refractivity contribution in [3.8, 4) is 11.5 Å². The summed E-state index contributed by atoms with van der Waals surface area (Å²) in [5, 5.41) is 2.85. The van der Waals surface area contributed by atoms with Crippen LogP contribution in [0.4, 0.5) is 10.5 Å². The third-order valence-electron chi connectivity index (χ3n) is 5.20. The first-order valence-corrected chi connectivity index (χ1v) is 13.2. The quantitative estimate of drug-likeness (QED) is 0.280. The van der Waals surface area contributed by atoms with Gasteiger partial charge in [0.2, 0.25) is 0 Å². The number of carbonyl (C=O) groups excluding carboxylic acids is 3. The van der Waals surface area contributed by atoms with E-state index in [-0.39, 0.29) is 30.6 Å². The minimum absolute atomic E-state index is 0.0776. The average Bonchev–Trinajstić information content (AvgIpc) is 3.12. The van der Waals surface area contributed by atoms with Crippen molar-refractivity contribution in [3.63, 3.8) is 0 Å². The molecule has 3 amide bonds. The number of benzene rings is 3. The van der Waals surface area contributed by atoms with Gasteiger partial charge in [-0.1, -0.05) is 51.8 Å². The van der Waals surface area contributed by atoms with Gasteiger partial charge in [0.15, 0.2) is 6.61 Å². The highest BCUT2D eigenvalue weighted by Gasteiger charge is 2.35. The Bertz CT molecular complexity index is 1380. The maximum Gasteiger partial charge on any atom is 0.293 e. The van der Waals surface area contributed by atoms with Gasteiger partial charge in [-0.2, -0.15) is 0 Å². The standard InChI is InChI=1S/C27H22BrClN2O5S/c1-17-5-4-6-20(13-17)30-25(32)16-36-22-10-9-19(28)14-18(22)15-24-26(33)31(27(34)37-24)11-12-35-23-8-3-2-7-21(23)29/h2-10,13-15H,11-12,16H2,1H3,(H,30,32)/b24-15-. The molecule has 0 aliphatic carbocycles. The Morgan fingerprint density at radius 2 is 1.86 bits per heavy atom. The number of carbonyl (C=O) groups is 3. The highest BCUT2D eigenvalue weighted by atomic mass is 79.9. The number of amides is 3. The zero-order valence-electron chi connectivity index (χ0n) is 19.7. The van der Waals surface area contributed by atoms with E-state index in [0.717, 1.165) is 26.7 Å². The van der Waals surface area contributed by atoms with Crippen molar-refractivity contribution in [2.24, 2.45) is 0 Å². The van der Waals surface area contributed by atoms with Crippen LogP contribution in [-0.2, 0) is 9.59 Å². The lowest BCUT2D eigenvalue weighted by molar-refractivity contribution is -0.123. The number of hydrogen-bond donors (Lipinski definition) is 1. The first-order chi connectivity index (χ1) is 17.8. The van der Waals surface area contributed by atoms with Crippen LogP contribution in [-0.4, -0.2) is 41.7 Å². The lowest BCUT2D eigenvalue weighted by Crippen LogP contribution is -2.32. The molecule has 0 spiro atoms. The normalized spacial score (nSPS) is 14.2. The molecule has 0 unspecified atom stereocenters. The van der Waals surface area contributed by atoms with Crippen molar-refractivity contribution in [3.05, 3.63) is 92.3 Å². The molecule has 3 aromatic carbocycles. The van der Waals surface area contributed by atoms with Crippen LogP contribution in [0.1, 0.15) is 11.1 Å². The third kappa shape index (κ3) is 7.15. The van der Waals surface area contributed by atoms with E-state index in [1.807, 2.05) is 25.1 Å². The Morgan fingerprint density at radius 3 is 2.65 bits per heavy atom. The van der Waals surface area contributed by atoms with Crippen molar-refractivity contribution in [1.82, 2.24) is 4.90 Å². The van der Waals surface area contributed by atoms with E-state index in [4.69, 9.17) is 21.1 Å². The number of nitrogens with one attached hydrogen (secondary N) is 1. The van der Waals surface area contributed by atoms with E-state index in [1.54, 1.807) is 54.6 Å². The first-order valence-electron chi connectivity index (χ1n) is 11.2. The number of para-hydroxylation sites is 1. The molecule has 1 fully saturated rings. The number of hydrogen-bond acceptors (Lipinski definition) is 6. The number of aryl methyl sites for hydroxylation is 1. The van der Waals surface area contributed by atoms with E-state index in [2.05, 4.69) is 21.2 Å². The van der Waals surface area contributed by atoms with Crippen molar-refractivity contribution in [2.75, 3.05) is 25.1 Å². The second kappa shape index (κ2) is 12.3. The van der Waals surface area contributed by atoms with Gasteiger partial charge < -0.3 is 14.8 Å². The van der Waals surface area contributed by atoms with E-state index < -0.39 is 11.1 Å². The van der Waals surface area contributed by atoms with Gasteiger partial charge >= 0.3 is 0 Å². The molecule has 1 aliphatic heterocycles. The van der Waals surface area contributed by atoms with Gasteiger partial charge in [-0.05, 0) is 72.8 Å². The lowest BCUT2D eigenvalue weighted by atomic mass is 10.2. The molecule has 0 aromatic heterocycles. The predicted molar refractivity (Wildman–Crippen MR) is 149 cm³/mol. The summed E-state index contributed by atoms with van der Waals surface area (Å²) < 4.78 is 12.1. The number of imide groups is 1. The maximum atomic E-state index is 12.9. The number of halogens is 2. The van der Waals surface area contributed by atoms with Gasteiger partial charge in [0, 0.05) is 15.7 Å². The van der Waals surface area contributed by atoms with Crippen molar-refractivity contribution < 1.29 is 23.9 Å². The van der Waals surface area contributed by atoms with Crippen LogP contribution in [0.3, 0.4) is 0 Å². The highest BCUT2D eigenvalue weighted by molar-refractivity contribution is 9.10. The van der Waals surface area contributed by atoms with Gasteiger partial charge in [-0.15, -0.1) is 0 Å². The number of ether oxygens (including phenoxy) is 2. The van der Waals surface area contributed by atoms with Gasteiger partial charge in [0.25, 0.3) is 17.1 Å². The summed E-state index contributed by atoms with van der Waals surface area (Å²) in [6.07, 6.45) is 1.58. The van der Waals surface area contributed by atoms with Crippen LogP contribution in [0.5, 0.6) is 11.5 Å². The number of anilines is 1. The first kappa shape index (κ1) is 26.8. The van der Waals surface area contributed by atoms with E-state index >= 15 is 0 Å². The van der Waals surface area contributed by atoms with E-state index in [9.17, 15) is 14.4 Å². The molecule has 3 aromatic rings. The number of nitrogens with zero attached hydrogens (tertiary/aromatic N) is 1. The fourth-order valence-electron chi connectivity index (χ4n) is 3.47. The molecule has 1 saturated heterocycles. The molecule has 4 rings (SSSR count).